The molecule has 4 rings (SSSR count). The van der Waals surface area contributed by atoms with E-state index in [1.54, 1.807) is 6.07 Å². The van der Waals surface area contributed by atoms with Gasteiger partial charge in [-0.3, -0.25) is 0 Å². The molecular weight excluding hydrogens is 346 g/mol. The Morgan fingerprint density at radius 3 is 2.15 bits per heavy atom. The highest BCUT2D eigenvalue weighted by atomic mass is 32.1. The van der Waals surface area contributed by atoms with Crippen LogP contribution in [0.1, 0.15) is 10.6 Å². The first-order chi connectivity index (χ1) is 12.3. The monoisotopic (exact) mass is 366 g/mol. The number of thiazole rings is 1. The van der Waals surface area contributed by atoms with Crippen LogP contribution in [0.15, 0.2) is 39.9 Å². The van der Waals surface area contributed by atoms with E-state index in [1.807, 2.05) is 68.7 Å². The summed E-state index contributed by atoms with van der Waals surface area (Å²) >= 11 is 1.47. The number of pyridine rings is 1. The molecule has 0 N–H and O–H groups in total. The van der Waals surface area contributed by atoms with Gasteiger partial charge in [0.1, 0.15) is 5.69 Å². The number of anilines is 1. The molecule has 0 radical (unpaired) electrons. The van der Waals surface area contributed by atoms with Gasteiger partial charge in [-0.25, -0.2) is 14.2 Å². The van der Waals surface area contributed by atoms with E-state index in [0.29, 0.717) is 15.6 Å². The molecule has 0 bridgehead atoms. The average Bonchev–Trinajstić information content (AvgIpc) is 2.86. The Bertz CT molecular complexity index is 1350. The topological polar surface area (TPSA) is 48.2 Å². The fourth-order valence-corrected chi connectivity index (χ4v) is 4.59. The predicted octanol–water partition coefficient (Wildman–Crippen LogP) is 2.32. The van der Waals surface area contributed by atoms with Crippen molar-refractivity contribution in [3.8, 4) is 0 Å². The molecule has 2 heterocycles. The highest BCUT2D eigenvalue weighted by Crippen LogP contribution is 2.30. The van der Waals surface area contributed by atoms with Crippen molar-refractivity contribution in [2.75, 3.05) is 19.0 Å². The molecule has 0 fully saturated rings. The molecule has 26 heavy (non-hydrogen) atoms. The van der Waals surface area contributed by atoms with Gasteiger partial charge in [-0.15, -0.1) is 4.24 Å². The second-order valence-corrected chi connectivity index (χ2v) is 7.97. The second kappa shape index (κ2) is 5.64. The number of aryl methyl sites for hydroxylation is 1. The fourth-order valence-electron chi connectivity index (χ4n) is 3.50. The Labute approximate surface area is 154 Å². The molecular formula is C20H20N3O2S+. The Morgan fingerprint density at radius 1 is 0.962 bits per heavy atom. The minimum absolute atomic E-state index is 0.263. The molecule has 0 saturated heterocycles. The van der Waals surface area contributed by atoms with Gasteiger partial charge in [-0.1, -0.05) is 23.5 Å². The summed E-state index contributed by atoms with van der Waals surface area (Å²) in [4.78, 5) is 30.2. The Kier molecular flexibility index (Phi) is 3.63. The number of benzene rings is 2. The van der Waals surface area contributed by atoms with Crippen LogP contribution in [0.2, 0.25) is 0 Å². The third-order valence-electron chi connectivity index (χ3n) is 5.10. The molecule has 0 aliphatic rings. The largest absolute Gasteiger partial charge is 0.377 e. The maximum absolute atomic E-state index is 13.3. The molecule has 132 valence electrons. The summed E-state index contributed by atoms with van der Waals surface area (Å²) in [6, 6.07) is 9.42. The lowest BCUT2D eigenvalue weighted by Gasteiger charge is -2.16. The molecule has 0 saturated carbocycles. The van der Waals surface area contributed by atoms with Gasteiger partial charge in [0, 0.05) is 30.6 Å². The lowest BCUT2D eigenvalue weighted by molar-refractivity contribution is -0.540. The number of nitrogens with zero attached hydrogens (tertiary/aromatic N) is 3. The van der Waals surface area contributed by atoms with Crippen LogP contribution < -0.4 is 20.3 Å². The van der Waals surface area contributed by atoms with Crippen LogP contribution in [0.3, 0.4) is 0 Å². The first-order valence-corrected chi connectivity index (χ1v) is 9.22. The molecule has 0 atom stereocenters. The van der Waals surface area contributed by atoms with Crippen molar-refractivity contribution >= 4 is 38.6 Å². The molecule has 2 aromatic heterocycles. The van der Waals surface area contributed by atoms with Crippen molar-refractivity contribution in [2.45, 2.75) is 13.8 Å². The van der Waals surface area contributed by atoms with Crippen LogP contribution in [0, 0.1) is 18.6 Å². The zero-order chi connectivity index (χ0) is 18.7. The van der Waals surface area contributed by atoms with Crippen molar-refractivity contribution in [2.24, 2.45) is 7.05 Å². The van der Waals surface area contributed by atoms with Gasteiger partial charge in [0.15, 0.2) is 0 Å². The summed E-state index contributed by atoms with van der Waals surface area (Å²) in [5.41, 5.74) is 1.52. The molecule has 0 unspecified atom stereocenters. The van der Waals surface area contributed by atoms with E-state index < -0.39 is 0 Å². The van der Waals surface area contributed by atoms with Crippen LogP contribution >= 0.6 is 11.3 Å². The first-order valence-electron chi connectivity index (χ1n) is 8.40. The third kappa shape index (κ3) is 2.12. The summed E-state index contributed by atoms with van der Waals surface area (Å²) in [6.45, 7) is 3.99. The Morgan fingerprint density at radius 2 is 1.58 bits per heavy atom. The molecule has 0 aliphatic heterocycles. The lowest BCUT2D eigenvalue weighted by atomic mass is 10.0. The molecule has 5 nitrogen and oxygen atoms in total. The standard InChI is InChI=1S/C20H20N3O2S/c1-11-12(2)26-20(22(11)5)23-18(24)14-8-6-7-13-16(21(3)4)10-9-15(17(13)14)19(23)25/h6-10H,1-5H3/q+1. The van der Waals surface area contributed by atoms with Gasteiger partial charge in [0.25, 0.3) is 0 Å². The summed E-state index contributed by atoms with van der Waals surface area (Å²) in [5, 5.41) is 2.82. The summed E-state index contributed by atoms with van der Waals surface area (Å²) < 4.78 is 3.23. The summed E-state index contributed by atoms with van der Waals surface area (Å²) in [5.74, 6) is 0. The van der Waals surface area contributed by atoms with Gasteiger partial charge >= 0.3 is 15.9 Å². The number of hydrogen-bond donors (Lipinski definition) is 0. The maximum atomic E-state index is 13.3. The normalized spacial score (nSPS) is 13.0. The second-order valence-electron chi connectivity index (χ2n) is 6.79. The van der Waals surface area contributed by atoms with Crippen molar-refractivity contribution in [3.05, 3.63) is 66.4 Å². The van der Waals surface area contributed by atoms with Crippen LogP contribution in [-0.2, 0) is 7.05 Å². The molecule has 0 spiro atoms. The van der Waals surface area contributed by atoms with Crippen LogP contribution in [0.25, 0.3) is 21.5 Å². The third-order valence-corrected chi connectivity index (χ3v) is 6.34. The average molecular weight is 366 g/mol. The number of aromatic nitrogens is 2. The maximum Gasteiger partial charge on any atom is 0.351 e. The minimum atomic E-state index is -0.263. The molecule has 0 aliphatic carbocycles. The predicted molar refractivity (Wildman–Crippen MR) is 107 cm³/mol. The highest BCUT2D eigenvalue weighted by molar-refractivity contribution is 7.09. The van der Waals surface area contributed by atoms with Gasteiger partial charge in [0.2, 0.25) is 0 Å². The first kappa shape index (κ1) is 16.7. The van der Waals surface area contributed by atoms with Crippen molar-refractivity contribution in [1.29, 1.82) is 0 Å². The van der Waals surface area contributed by atoms with E-state index in [-0.39, 0.29) is 11.1 Å². The van der Waals surface area contributed by atoms with Crippen molar-refractivity contribution in [3.63, 3.8) is 0 Å². The number of hydrogen-bond acceptors (Lipinski definition) is 4. The highest BCUT2D eigenvalue weighted by Gasteiger charge is 2.20. The lowest BCUT2D eigenvalue weighted by Crippen LogP contribution is -2.51. The molecule has 6 heteroatoms. The molecule has 0 amide bonds. The quantitative estimate of drug-likeness (QED) is 0.486. The number of rotatable bonds is 1. The molecule has 2 aromatic carbocycles. The SMILES string of the molecule is Cc1sc(=[n+]2c(=O)c3cccc4c(N(C)C)ccc(c2=O)c43)n(C)c1C. The summed E-state index contributed by atoms with van der Waals surface area (Å²) in [7, 11) is 5.81. The van der Waals surface area contributed by atoms with Crippen molar-refractivity contribution in [1.82, 2.24) is 4.57 Å². The van der Waals surface area contributed by atoms with E-state index in [4.69, 9.17) is 0 Å². The molecule has 4 aromatic rings. The zero-order valence-electron chi connectivity index (χ0n) is 15.5. The smallest absolute Gasteiger partial charge is 0.351 e. The van der Waals surface area contributed by atoms with Crippen LogP contribution in [-0.4, -0.2) is 18.7 Å². The van der Waals surface area contributed by atoms with E-state index >= 15 is 0 Å². The van der Waals surface area contributed by atoms with Crippen LogP contribution in [0.5, 0.6) is 0 Å². The van der Waals surface area contributed by atoms with Gasteiger partial charge in [0.05, 0.1) is 22.7 Å². The fraction of sp³-hybridized carbons (Fsp3) is 0.250. The van der Waals surface area contributed by atoms with E-state index in [2.05, 4.69) is 0 Å². The van der Waals surface area contributed by atoms with E-state index in [1.165, 1.54) is 15.6 Å². The van der Waals surface area contributed by atoms with Gasteiger partial charge in [-0.05, 0) is 32.0 Å². The van der Waals surface area contributed by atoms with E-state index in [0.717, 1.165) is 27.0 Å². The Hall–Kier alpha value is -2.73. The van der Waals surface area contributed by atoms with Gasteiger partial charge in [-0.2, -0.15) is 0 Å². The van der Waals surface area contributed by atoms with Gasteiger partial charge < -0.3 is 4.90 Å². The zero-order valence-corrected chi connectivity index (χ0v) is 16.3. The minimum Gasteiger partial charge on any atom is -0.377 e. The Balaban J connectivity index is 2.40. The van der Waals surface area contributed by atoms with Crippen LogP contribution in [0.4, 0.5) is 5.69 Å². The summed E-state index contributed by atoms with van der Waals surface area (Å²) in [6.07, 6.45) is 0. The van der Waals surface area contributed by atoms with E-state index in [9.17, 15) is 9.59 Å². The van der Waals surface area contributed by atoms with Crippen molar-refractivity contribution < 1.29 is 4.24 Å².